The monoisotopic (exact) mass is 431 g/mol. The van der Waals surface area contributed by atoms with Crippen molar-refractivity contribution < 1.29 is 9.53 Å². The number of anilines is 1. The van der Waals surface area contributed by atoms with Crippen molar-refractivity contribution in [1.29, 1.82) is 0 Å². The minimum absolute atomic E-state index is 0.00594. The van der Waals surface area contributed by atoms with E-state index >= 15 is 0 Å². The van der Waals surface area contributed by atoms with Crippen LogP contribution in [-0.2, 0) is 11.3 Å². The minimum atomic E-state index is -0.00594. The number of halogens is 1. The molecule has 0 aliphatic carbocycles. The van der Waals surface area contributed by atoms with E-state index in [0.29, 0.717) is 19.5 Å². The summed E-state index contributed by atoms with van der Waals surface area (Å²) < 4.78 is 7.53. The molecule has 1 aliphatic rings. The molecule has 156 valence electrons. The van der Waals surface area contributed by atoms with E-state index in [1.54, 1.807) is 7.11 Å². The van der Waals surface area contributed by atoms with E-state index in [-0.39, 0.29) is 11.8 Å². The number of nitrogens with zero attached hydrogens (tertiary/aromatic N) is 3. The first-order chi connectivity index (χ1) is 15.1. The molecule has 2 heterocycles. The van der Waals surface area contributed by atoms with Crippen LogP contribution in [0, 0.1) is 0 Å². The number of rotatable bonds is 5. The molecular formula is C25H22ClN3O2. The second-order valence-electron chi connectivity index (χ2n) is 7.74. The number of ether oxygens (including phenoxy) is 1. The van der Waals surface area contributed by atoms with Crippen LogP contribution >= 0.6 is 11.6 Å². The van der Waals surface area contributed by atoms with Gasteiger partial charge in [-0.15, -0.1) is 0 Å². The quantitative estimate of drug-likeness (QED) is 0.432. The fraction of sp³-hybridized carbons (Fsp3) is 0.200. The first-order valence-corrected chi connectivity index (χ1v) is 10.6. The number of hydrogen-bond acceptors (Lipinski definition) is 3. The van der Waals surface area contributed by atoms with Gasteiger partial charge < -0.3 is 14.2 Å². The Morgan fingerprint density at radius 1 is 1.06 bits per heavy atom. The van der Waals surface area contributed by atoms with Crippen LogP contribution in [0.25, 0.3) is 11.0 Å². The molecule has 0 bridgehead atoms. The number of fused-ring (bicyclic) bond motifs is 1. The third-order valence-electron chi connectivity index (χ3n) is 5.83. The molecule has 6 heteroatoms. The number of benzene rings is 3. The standard InChI is InChI=1S/C25H22ClN3O2/c1-31-20-9-6-8-19(14-20)28-16-18(13-24(28)30)25-27-22-11-4-5-12-23(22)29(25)15-17-7-2-3-10-21(17)26/h2-12,14,18H,13,15-16H2,1H3/t18-/m1/s1. The molecule has 5 rings (SSSR count). The number of amides is 1. The van der Waals surface area contributed by atoms with Crippen LogP contribution < -0.4 is 9.64 Å². The van der Waals surface area contributed by atoms with Crippen LogP contribution in [-0.4, -0.2) is 29.1 Å². The van der Waals surface area contributed by atoms with Gasteiger partial charge in [-0.3, -0.25) is 4.79 Å². The average Bonchev–Trinajstić information content (AvgIpc) is 3.36. The van der Waals surface area contributed by atoms with Gasteiger partial charge in [-0.25, -0.2) is 4.98 Å². The summed E-state index contributed by atoms with van der Waals surface area (Å²) >= 11 is 6.45. The van der Waals surface area contributed by atoms with Crippen LogP contribution in [0.15, 0.2) is 72.8 Å². The smallest absolute Gasteiger partial charge is 0.227 e. The number of hydrogen-bond donors (Lipinski definition) is 0. The Morgan fingerprint density at radius 3 is 2.71 bits per heavy atom. The van der Waals surface area contributed by atoms with Crippen molar-refractivity contribution in [2.75, 3.05) is 18.6 Å². The van der Waals surface area contributed by atoms with Crippen molar-refractivity contribution in [2.24, 2.45) is 0 Å². The molecule has 3 aromatic carbocycles. The third-order valence-corrected chi connectivity index (χ3v) is 6.19. The van der Waals surface area contributed by atoms with Gasteiger partial charge in [0.1, 0.15) is 11.6 Å². The van der Waals surface area contributed by atoms with Crippen molar-refractivity contribution in [2.45, 2.75) is 18.9 Å². The Hall–Kier alpha value is -3.31. The lowest BCUT2D eigenvalue weighted by molar-refractivity contribution is -0.117. The topological polar surface area (TPSA) is 47.4 Å². The highest BCUT2D eigenvalue weighted by Crippen LogP contribution is 2.35. The highest BCUT2D eigenvalue weighted by Gasteiger charge is 2.35. The van der Waals surface area contributed by atoms with Crippen LogP contribution in [0.2, 0.25) is 5.02 Å². The number of carbonyl (C=O) groups is 1. The minimum Gasteiger partial charge on any atom is -0.497 e. The number of carbonyl (C=O) groups excluding carboxylic acids is 1. The van der Waals surface area contributed by atoms with Crippen LogP contribution in [0.4, 0.5) is 5.69 Å². The van der Waals surface area contributed by atoms with E-state index in [2.05, 4.69) is 10.6 Å². The summed E-state index contributed by atoms with van der Waals surface area (Å²) in [5.41, 5.74) is 3.85. The van der Waals surface area contributed by atoms with Gasteiger partial charge in [-0.2, -0.15) is 0 Å². The van der Waals surface area contributed by atoms with Gasteiger partial charge in [0.05, 0.1) is 24.7 Å². The van der Waals surface area contributed by atoms with Crippen LogP contribution in [0.1, 0.15) is 23.7 Å². The summed E-state index contributed by atoms with van der Waals surface area (Å²) in [7, 11) is 1.63. The molecule has 1 aliphatic heterocycles. The number of imidazole rings is 1. The third kappa shape index (κ3) is 3.66. The van der Waals surface area contributed by atoms with Gasteiger partial charge >= 0.3 is 0 Å². The summed E-state index contributed by atoms with van der Waals surface area (Å²) in [6.07, 6.45) is 0.420. The molecule has 31 heavy (non-hydrogen) atoms. The molecule has 5 nitrogen and oxygen atoms in total. The Bertz CT molecular complexity index is 1270. The van der Waals surface area contributed by atoms with Crippen molar-refractivity contribution in [3.8, 4) is 5.75 Å². The molecular weight excluding hydrogens is 410 g/mol. The molecule has 0 unspecified atom stereocenters. The van der Waals surface area contributed by atoms with E-state index in [9.17, 15) is 4.79 Å². The molecule has 1 aromatic heterocycles. The lowest BCUT2D eigenvalue weighted by Crippen LogP contribution is -2.24. The summed E-state index contributed by atoms with van der Waals surface area (Å²) in [4.78, 5) is 19.7. The summed E-state index contributed by atoms with van der Waals surface area (Å²) in [5, 5.41) is 0.728. The Kier molecular flexibility index (Phi) is 5.12. The molecule has 1 fully saturated rings. The highest BCUT2D eigenvalue weighted by molar-refractivity contribution is 6.31. The number of aromatic nitrogens is 2. The van der Waals surface area contributed by atoms with E-state index < -0.39 is 0 Å². The maximum Gasteiger partial charge on any atom is 0.227 e. The SMILES string of the molecule is COc1cccc(N2C[C@H](c3nc4ccccc4n3Cc3ccccc3Cl)CC2=O)c1. The largest absolute Gasteiger partial charge is 0.497 e. The van der Waals surface area contributed by atoms with Gasteiger partial charge in [0.25, 0.3) is 0 Å². The zero-order valence-corrected chi connectivity index (χ0v) is 17.9. The number of para-hydroxylation sites is 2. The van der Waals surface area contributed by atoms with Gasteiger partial charge in [0, 0.05) is 35.7 Å². The zero-order chi connectivity index (χ0) is 21.4. The van der Waals surface area contributed by atoms with Crippen LogP contribution in [0.5, 0.6) is 5.75 Å². The molecule has 0 saturated carbocycles. The lowest BCUT2D eigenvalue weighted by Gasteiger charge is -2.18. The second-order valence-corrected chi connectivity index (χ2v) is 8.15. The maximum atomic E-state index is 12.9. The van der Waals surface area contributed by atoms with Gasteiger partial charge in [-0.05, 0) is 35.9 Å². The first-order valence-electron chi connectivity index (χ1n) is 10.3. The molecule has 0 spiro atoms. The van der Waals surface area contributed by atoms with E-state index in [4.69, 9.17) is 21.3 Å². The van der Waals surface area contributed by atoms with E-state index in [0.717, 1.165) is 38.9 Å². The predicted octanol–water partition coefficient (Wildman–Crippen LogP) is 5.27. The molecule has 1 saturated heterocycles. The number of methoxy groups -OCH3 is 1. The fourth-order valence-electron chi connectivity index (χ4n) is 4.28. The van der Waals surface area contributed by atoms with Crippen molar-refractivity contribution in [3.63, 3.8) is 0 Å². The fourth-order valence-corrected chi connectivity index (χ4v) is 4.47. The van der Waals surface area contributed by atoms with Crippen LogP contribution in [0.3, 0.4) is 0 Å². The summed E-state index contributed by atoms with van der Waals surface area (Å²) in [6, 6.07) is 23.6. The van der Waals surface area contributed by atoms with Gasteiger partial charge in [0.15, 0.2) is 0 Å². The summed E-state index contributed by atoms with van der Waals surface area (Å²) in [5.74, 6) is 1.74. The molecule has 1 atom stereocenters. The average molecular weight is 432 g/mol. The zero-order valence-electron chi connectivity index (χ0n) is 17.2. The van der Waals surface area contributed by atoms with Gasteiger partial charge in [-0.1, -0.05) is 48.0 Å². The molecule has 4 aromatic rings. The van der Waals surface area contributed by atoms with Crippen molar-refractivity contribution >= 4 is 34.2 Å². The Labute approximate surface area is 185 Å². The predicted molar refractivity (Wildman–Crippen MR) is 123 cm³/mol. The van der Waals surface area contributed by atoms with Crippen molar-refractivity contribution in [1.82, 2.24) is 9.55 Å². The molecule has 1 amide bonds. The first kappa shape index (κ1) is 19.6. The Balaban J connectivity index is 1.53. The lowest BCUT2D eigenvalue weighted by atomic mass is 10.1. The highest BCUT2D eigenvalue weighted by atomic mass is 35.5. The Morgan fingerprint density at radius 2 is 1.87 bits per heavy atom. The second kappa shape index (κ2) is 8.08. The molecule has 0 N–H and O–H groups in total. The van der Waals surface area contributed by atoms with E-state index in [1.165, 1.54) is 0 Å². The van der Waals surface area contributed by atoms with Crippen molar-refractivity contribution in [3.05, 3.63) is 89.2 Å². The normalized spacial score (nSPS) is 16.3. The molecule has 0 radical (unpaired) electrons. The summed E-state index contributed by atoms with van der Waals surface area (Å²) in [6.45, 7) is 1.19. The maximum absolute atomic E-state index is 12.9. The van der Waals surface area contributed by atoms with E-state index in [1.807, 2.05) is 71.6 Å². The van der Waals surface area contributed by atoms with Gasteiger partial charge in [0.2, 0.25) is 5.91 Å².